The fourth-order valence-electron chi connectivity index (χ4n) is 1.91. The van der Waals surface area contributed by atoms with Crippen LogP contribution in [0.15, 0.2) is 29.6 Å². The monoisotopic (exact) mass is 276 g/mol. The number of nitrogens with one attached hydrogen (secondary N) is 1. The van der Waals surface area contributed by atoms with Crippen LogP contribution in [-0.2, 0) is 13.0 Å². The predicted octanol–water partition coefficient (Wildman–Crippen LogP) is 3.20. The van der Waals surface area contributed by atoms with Crippen molar-refractivity contribution in [1.29, 1.82) is 0 Å². The molecule has 0 aliphatic heterocycles. The van der Waals surface area contributed by atoms with E-state index >= 15 is 0 Å². The van der Waals surface area contributed by atoms with E-state index in [1.54, 1.807) is 23.5 Å². The molecule has 0 bridgehead atoms. The molecule has 0 spiro atoms. The number of nitrogens with two attached hydrogens (primary N) is 1. The Balaban J connectivity index is 2.18. The van der Waals surface area contributed by atoms with E-state index < -0.39 is 5.97 Å². The van der Waals surface area contributed by atoms with Gasteiger partial charge in [0, 0.05) is 22.8 Å². The summed E-state index contributed by atoms with van der Waals surface area (Å²) in [5.41, 5.74) is 8.16. The van der Waals surface area contributed by atoms with Gasteiger partial charge in [-0.15, -0.1) is 11.3 Å². The van der Waals surface area contributed by atoms with E-state index in [4.69, 9.17) is 10.8 Å². The minimum Gasteiger partial charge on any atom is -0.478 e. The van der Waals surface area contributed by atoms with Gasteiger partial charge in [0.25, 0.3) is 0 Å². The molecule has 1 aromatic heterocycles. The second-order valence-electron chi connectivity index (χ2n) is 4.19. The zero-order chi connectivity index (χ0) is 13.8. The summed E-state index contributed by atoms with van der Waals surface area (Å²) in [7, 11) is 0. The quantitative estimate of drug-likeness (QED) is 0.733. The fraction of sp³-hybridized carbons (Fsp3) is 0.214. The molecule has 0 radical (unpaired) electrons. The zero-order valence-corrected chi connectivity index (χ0v) is 11.5. The number of aryl methyl sites for hydroxylation is 1. The molecule has 0 atom stereocenters. The Labute approximate surface area is 115 Å². The van der Waals surface area contributed by atoms with Crippen LogP contribution in [0.4, 0.5) is 11.4 Å². The Bertz CT molecular complexity index is 593. The zero-order valence-electron chi connectivity index (χ0n) is 10.6. The molecule has 5 heteroatoms. The maximum atomic E-state index is 11.2. The van der Waals surface area contributed by atoms with Crippen molar-refractivity contribution in [2.24, 2.45) is 0 Å². The number of aromatic carboxylic acids is 1. The SMILES string of the molecule is CCc1ccsc1CNc1ccc(N)cc1C(=O)O. The molecule has 100 valence electrons. The van der Waals surface area contributed by atoms with E-state index in [1.807, 2.05) is 0 Å². The third-order valence-corrected chi connectivity index (χ3v) is 3.90. The summed E-state index contributed by atoms with van der Waals surface area (Å²) in [6.45, 7) is 2.74. The third kappa shape index (κ3) is 3.06. The molecule has 0 unspecified atom stereocenters. The Morgan fingerprint density at radius 2 is 2.21 bits per heavy atom. The van der Waals surface area contributed by atoms with E-state index in [0.29, 0.717) is 17.9 Å². The molecule has 0 fully saturated rings. The Morgan fingerprint density at radius 3 is 2.89 bits per heavy atom. The Morgan fingerprint density at radius 1 is 1.42 bits per heavy atom. The van der Waals surface area contributed by atoms with Gasteiger partial charge in [0.1, 0.15) is 0 Å². The van der Waals surface area contributed by atoms with Crippen LogP contribution in [0.25, 0.3) is 0 Å². The maximum Gasteiger partial charge on any atom is 0.337 e. The molecular formula is C14H16N2O2S. The van der Waals surface area contributed by atoms with Crippen molar-refractivity contribution in [2.45, 2.75) is 19.9 Å². The summed E-state index contributed by atoms with van der Waals surface area (Å²) in [6.07, 6.45) is 0.980. The lowest BCUT2D eigenvalue weighted by Crippen LogP contribution is -2.07. The normalized spacial score (nSPS) is 10.4. The number of carbonyl (C=O) groups is 1. The van der Waals surface area contributed by atoms with Crippen LogP contribution in [0, 0.1) is 0 Å². The smallest absolute Gasteiger partial charge is 0.337 e. The van der Waals surface area contributed by atoms with Crippen LogP contribution in [-0.4, -0.2) is 11.1 Å². The van der Waals surface area contributed by atoms with Crippen molar-refractivity contribution in [1.82, 2.24) is 0 Å². The molecule has 0 saturated heterocycles. The number of benzene rings is 1. The number of carboxylic acids is 1. The van der Waals surface area contributed by atoms with Crippen LogP contribution >= 0.6 is 11.3 Å². The van der Waals surface area contributed by atoms with E-state index in [9.17, 15) is 4.79 Å². The Hall–Kier alpha value is -2.01. The van der Waals surface area contributed by atoms with Crippen LogP contribution in [0.5, 0.6) is 0 Å². The van der Waals surface area contributed by atoms with Gasteiger partial charge in [0.2, 0.25) is 0 Å². The molecule has 1 aromatic carbocycles. The summed E-state index contributed by atoms with van der Waals surface area (Å²) < 4.78 is 0. The second-order valence-corrected chi connectivity index (χ2v) is 5.19. The number of nitrogen functional groups attached to an aromatic ring is 1. The standard InChI is InChI=1S/C14H16N2O2S/c1-2-9-5-6-19-13(9)8-16-12-4-3-10(15)7-11(12)14(17)18/h3-7,16H,2,8,15H2,1H3,(H,17,18). The first-order chi connectivity index (χ1) is 9.11. The van der Waals surface area contributed by atoms with Crippen molar-refractivity contribution in [3.8, 4) is 0 Å². The minimum atomic E-state index is -0.975. The molecule has 2 rings (SSSR count). The van der Waals surface area contributed by atoms with E-state index in [0.717, 1.165) is 6.42 Å². The first kappa shape index (κ1) is 13.4. The first-order valence-electron chi connectivity index (χ1n) is 6.03. The highest BCUT2D eigenvalue weighted by molar-refractivity contribution is 7.10. The summed E-state index contributed by atoms with van der Waals surface area (Å²) >= 11 is 1.68. The summed E-state index contributed by atoms with van der Waals surface area (Å²) in [5, 5.41) is 14.4. The summed E-state index contributed by atoms with van der Waals surface area (Å²) in [5.74, 6) is -0.975. The van der Waals surface area contributed by atoms with Crippen molar-refractivity contribution >= 4 is 28.7 Å². The van der Waals surface area contributed by atoms with Crippen LogP contribution < -0.4 is 11.1 Å². The number of rotatable bonds is 5. The average Bonchev–Trinajstić information content (AvgIpc) is 2.84. The molecule has 0 aliphatic rings. The lowest BCUT2D eigenvalue weighted by molar-refractivity contribution is 0.0698. The lowest BCUT2D eigenvalue weighted by atomic mass is 10.1. The summed E-state index contributed by atoms with van der Waals surface area (Å²) in [4.78, 5) is 12.4. The van der Waals surface area contributed by atoms with Gasteiger partial charge in [-0.05, 0) is 41.6 Å². The molecule has 0 saturated carbocycles. The number of hydrogen-bond donors (Lipinski definition) is 3. The topological polar surface area (TPSA) is 75.3 Å². The first-order valence-corrected chi connectivity index (χ1v) is 6.91. The van der Waals surface area contributed by atoms with Gasteiger partial charge in [-0.1, -0.05) is 6.92 Å². The van der Waals surface area contributed by atoms with Crippen molar-refractivity contribution in [3.63, 3.8) is 0 Å². The van der Waals surface area contributed by atoms with E-state index in [-0.39, 0.29) is 5.56 Å². The van der Waals surface area contributed by atoms with Crippen molar-refractivity contribution in [3.05, 3.63) is 45.6 Å². The van der Waals surface area contributed by atoms with Gasteiger partial charge in [0.05, 0.1) is 5.56 Å². The number of anilines is 2. The highest BCUT2D eigenvalue weighted by atomic mass is 32.1. The maximum absolute atomic E-state index is 11.2. The average molecular weight is 276 g/mol. The minimum absolute atomic E-state index is 0.203. The largest absolute Gasteiger partial charge is 0.478 e. The van der Waals surface area contributed by atoms with Crippen molar-refractivity contribution < 1.29 is 9.90 Å². The molecule has 1 heterocycles. The Kier molecular flexibility index (Phi) is 4.06. The van der Waals surface area contributed by atoms with Gasteiger partial charge in [-0.25, -0.2) is 4.79 Å². The molecule has 4 nitrogen and oxygen atoms in total. The van der Waals surface area contributed by atoms with Gasteiger partial charge in [0.15, 0.2) is 0 Å². The molecule has 19 heavy (non-hydrogen) atoms. The molecule has 2 aromatic rings. The number of carboxylic acid groups (broad SMARTS) is 1. The fourth-order valence-corrected chi connectivity index (χ4v) is 2.82. The molecule has 0 amide bonds. The summed E-state index contributed by atoms with van der Waals surface area (Å²) in [6, 6.07) is 6.98. The third-order valence-electron chi connectivity index (χ3n) is 2.93. The highest BCUT2D eigenvalue weighted by Gasteiger charge is 2.11. The lowest BCUT2D eigenvalue weighted by Gasteiger charge is -2.10. The van der Waals surface area contributed by atoms with Crippen LogP contribution in [0.2, 0.25) is 0 Å². The molecular weight excluding hydrogens is 260 g/mol. The van der Waals surface area contributed by atoms with Crippen molar-refractivity contribution in [2.75, 3.05) is 11.1 Å². The molecule has 4 N–H and O–H groups in total. The molecule has 0 aliphatic carbocycles. The number of thiophene rings is 1. The van der Waals surface area contributed by atoms with E-state index in [2.05, 4.69) is 23.7 Å². The van der Waals surface area contributed by atoms with Gasteiger partial charge in [-0.3, -0.25) is 0 Å². The van der Waals surface area contributed by atoms with Crippen LogP contribution in [0.3, 0.4) is 0 Å². The predicted molar refractivity (Wildman–Crippen MR) is 78.8 cm³/mol. The van der Waals surface area contributed by atoms with E-state index in [1.165, 1.54) is 16.5 Å². The van der Waals surface area contributed by atoms with Crippen LogP contribution in [0.1, 0.15) is 27.7 Å². The number of hydrogen-bond acceptors (Lipinski definition) is 4. The van der Waals surface area contributed by atoms with Gasteiger partial charge < -0.3 is 16.2 Å². The second kappa shape index (κ2) is 5.75. The van der Waals surface area contributed by atoms with Gasteiger partial charge >= 0.3 is 5.97 Å². The highest BCUT2D eigenvalue weighted by Crippen LogP contribution is 2.22. The van der Waals surface area contributed by atoms with Gasteiger partial charge in [-0.2, -0.15) is 0 Å².